The van der Waals surface area contributed by atoms with Crippen molar-refractivity contribution in [1.82, 2.24) is 4.90 Å². The van der Waals surface area contributed by atoms with Crippen molar-refractivity contribution in [2.45, 2.75) is 83.3 Å². The van der Waals surface area contributed by atoms with E-state index in [4.69, 9.17) is 9.84 Å². The zero-order valence-electron chi connectivity index (χ0n) is 23.8. The molecule has 1 atom stereocenters. The van der Waals surface area contributed by atoms with Gasteiger partial charge in [0, 0.05) is 19.0 Å². The Bertz CT molecular complexity index is 1370. The summed E-state index contributed by atoms with van der Waals surface area (Å²) in [5, 5.41) is 18.6. The van der Waals surface area contributed by atoms with Gasteiger partial charge >= 0.3 is 11.9 Å². The van der Waals surface area contributed by atoms with E-state index in [0.717, 1.165) is 69.3 Å². The molecule has 6 heteroatoms. The Labute approximate surface area is 243 Å². The number of fused-ring (bicyclic) bond motifs is 2. The number of aryl methyl sites for hydroxylation is 2. The van der Waals surface area contributed by atoms with E-state index in [-0.39, 0.29) is 12.5 Å². The van der Waals surface area contributed by atoms with Crippen LogP contribution in [0.15, 0.2) is 60.7 Å². The van der Waals surface area contributed by atoms with Crippen molar-refractivity contribution in [1.29, 1.82) is 0 Å². The van der Waals surface area contributed by atoms with E-state index in [2.05, 4.69) is 41.3 Å². The van der Waals surface area contributed by atoms with Crippen LogP contribution in [0.2, 0.25) is 0 Å². The second-order valence-electron chi connectivity index (χ2n) is 11.4. The van der Waals surface area contributed by atoms with Crippen LogP contribution in [-0.2, 0) is 37.1 Å². The van der Waals surface area contributed by atoms with Crippen molar-refractivity contribution in [3.05, 3.63) is 99.6 Å². The normalized spacial score (nSPS) is 16.2. The van der Waals surface area contributed by atoms with Crippen LogP contribution >= 0.6 is 0 Å². The van der Waals surface area contributed by atoms with E-state index in [1.165, 1.54) is 40.7 Å². The van der Waals surface area contributed by atoms with Crippen LogP contribution in [0.1, 0.15) is 94.7 Å². The molecule has 3 aromatic rings. The van der Waals surface area contributed by atoms with Gasteiger partial charge in [-0.3, -0.25) is 9.69 Å². The maximum atomic E-state index is 11.6. The van der Waals surface area contributed by atoms with Crippen molar-refractivity contribution in [3.63, 3.8) is 0 Å². The molecule has 3 aromatic carbocycles. The molecule has 0 radical (unpaired) electrons. The number of carboxylic acid groups (broad SMARTS) is 2. The van der Waals surface area contributed by atoms with Crippen LogP contribution in [0, 0.1) is 0 Å². The molecule has 0 saturated carbocycles. The summed E-state index contributed by atoms with van der Waals surface area (Å²) in [6.45, 7) is 2.19. The van der Waals surface area contributed by atoms with Crippen molar-refractivity contribution in [3.8, 4) is 5.75 Å². The number of rotatable bonds is 13. The third-order valence-corrected chi connectivity index (χ3v) is 8.72. The molecule has 5 rings (SSSR count). The molecule has 216 valence electrons. The van der Waals surface area contributed by atoms with Gasteiger partial charge in [0.2, 0.25) is 0 Å². The summed E-state index contributed by atoms with van der Waals surface area (Å²) in [5.74, 6) is -0.735. The Hall–Kier alpha value is -3.64. The highest BCUT2D eigenvalue weighted by Gasteiger charge is 2.27. The molecule has 0 fully saturated rings. The van der Waals surface area contributed by atoms with Crippen molar-refractivity contribution >= 4 is 11.9 Å². The number of para-hydroxylation sites is 1. The molecule has 0 aliphatic heterocycles. The third-order valence-electron chi connectivity index (χ3n) is 8.72. The minimum absolute atomic E-state index is 0.178. The maximum absolute atomic E-state index is 11.6. The van der Waals surface area contributed by atoms with Gasteiger partial charge in [0.25, 0.3) is 0 Å². The number of hydrogen-bond donors (Lipinski definition) is 2. The summed E-state index contributed by atoms with van der Waals surface area (Å²) >= 11 is 0. The topological polar surface area (TPSA) is 87.1 Å². The van der Waals surface area contributed by atoms with Crippen LogP contribution in [0.3, 0.4) is 0 Å². The summed E-state index contributed by atoms with van der Waals surface area (Å²) in [5.41, 5.74) is 8.05. The molecule has 0 spiro atoms. The number of unbranched alkanes of at least 4 members (excludes halogenated alkanes) is 1. The van der Waals surface area contributed by atoms with E-state index in [0.29, 0.717) is 18.6 Å². The van der Waals surface area contributed by atoms with Crippen molar-refractivity contribution in [2.24, 2.45) is 0 Å². The molecule has 0 amide bonds. The predicted molar refractivity (Wildman–Crippen MR) is 160 cm³/mol. The molecule has 0 bridgehead atoms. The van der Waals surface area contributed by atoms with Gasteiger partial charge in [0.15, 0.2) is 0 Å². The highest BCUT2D eigenvalue weighted by molar-refractivity contribution is 5.88. The molecular weight excluding hydrogens is 514 g/mol. The van der Waals surface area contributed by atoms with Crippen LogP contribution in [-0.4, -0.2) is 40.1 Å². The zero-order chi connectivity index (χ0) is 28.6. The fourth-order valence-corrected chi connectivity index (χ4v) is 6.58. The highest BCUT2D eigenvalue weighted by atomic mass is 16.5. The van der Waals surface area contributed by atoms with Crippen molar-refractivity contribution in [2.75, 3.05) is 13.1 Å². The number of hydrogen-bond acceptors (Lipinski definition) is 4. The van der Waals surface area contributed by atoms with Gasteiger partial charge in [0.1, 0.15) is 12.4 Å². The summed E-state index contributed by atoms with van der Waals surface area (Å²) in [4.78, 5) is 25.2. The number of aliphatic carboxylic acids is 1. The number of aromatic carboxylic acids is 1. The van der Waals surface area contributed by atoms with Gasteiger partial charge in [-0.25, -0.2) is 4.79 Å². The second-order valence-corrected chi connectivity index (χ2v) is 11.4. The molecule has 2 aliphatic rings. The van der Waals surface area contributed by atoms with Crippen LogP contribution < -0.4 is 4.74 Å². The first-order chi connectivity index (χ1) is 20.0. The SMILES string of the molecule is O=C(O)CCCCN(CCc1ccccc1OCc1cccc2c1CCCC2)C1CCCc2cc(C(=O)O)ccc21. The molecule has 0 heterocycles. The van der Waals surface area contributed by atoms with Gasteiger partial charge in [-0.2, -0.15) is 0 Å². The molecule has 2 aliphatic carbocycles. The quantitative estimate of drug-likeness (QED) is 0.220. The van der Waals surface area contributed by atoms with E-state index in [1.807, 2.05) is 18.2 Å². The molecule has 0 aromatic heterocycles. The summed E-state index contributed by atoms with van der Waals surface area (Å²) in [7, 11) is 0. The number of carbonyl (C=O) groups is 2. The van der Waals surface area contributed by atoms with E-state index in [1.54, 1.807) is 6.07 Å². The molecule has 1 unspecified atom stereocenters. The summed E-state index contributed by atoms with van der Waals surface area (Å²) < 4.78 is 6.44. The average Bonchev–Trinajstić information content (AvgIpc) is 2.99. The van der Waals surface area contributed by atoms with Gasteiger partial charge < -0.3 is 14.9 Å². The summed E-state index contributed by atoms with van der Waals surface area (Å²) in [6.07, 6.45) is 10.1. The second kappa shape index (κ2) is 13.8. The Balaban J connectivity index is 1.31. The predicted octanol–water partition coefficient (Wildman–Crippen LogP) is 7.02. The average molecular weight is 556 g/mol. The fraction of sp³-hybridized carbons (Fsp3) is 0.429. The van der Waals surface area contributed by atoms with Crippen LogP contribution in [0.5, 0.6) is 5.75 Å². The first-order valence-corrected chi connectivity index (χ1v) is 15.1. The largest absolute Gasteiger partial charge is 0.489 e. The molecular formula is C35H41NO5. The molecule has 41 heavy (non-hydrogen) atoms. The van der Waals surface area contributed by atoms with Gasteiger partial charge in [-0.1, -0.05) is 42.5 Å². The van der Waals surface area contributed by atoms with Gasteiger partial charge in [-0.05, 0) is 122 Å². The maximum Gasteiger partial charge on any atom is 0.335 e. The zero-order valence-corrected chi connectivity index (χ0v) is 23.8. The lowest BCUT2D eigenvalue weighted by atomic mass is 9.85. The minimum Gasteiger partial charge on any atom is -0.489 e. The molecule has 0 saturated heterocycles. The molecule has 6 nitrogen and oxygen atoms in total. The smallest absolute Gasteiger partial charge is 0.335 e. The molecule has 2 N–H and O–H groups in total. The van der Waals surface area contributed by atoms with Gasteiger partial charge in [0.05, 0.1) is 5.56 Å². The Kier molecular flexibility index (Phi) is 9.73. The van der Waals surface area contributed by atoms with Crippen LogP contribution in [0.25, 0.3) is 0 Å². The summed E-state index contributed by atoms with van der Waals surface area (Å²) in [6, 6.07) is 20.6. The lowest BCUT2D eigenvalue weighted by Crippen LogP contribution is -2.34. The van der Waals surface area contributed by atoms with E-state index < -0.39 is 11.9 Å². The number of ether oxygens (including phenoxy) is 1. The number of carboxylic acids is 2. The Morgan fingerprint density at radius 1 is 0.829 bits per heavy atom. The number of nitrogens with zero attached hydrogens (tertiary/aromatic N) is 1. The van der Waals surface area contributed by atoms with Crippen molar-refractivity contribution < 1.29 is 24.5 Å². The highest BCUT2D eigenvalue weighted by Crippen LogP contribution is 2.36. The third kappa shape index (κ3) is 7.36. The minimum atomic E-state index is -0.895. The Morgan fingerprint density at radius 3 is 2.49 bits per heavy atom. The Morgan fingerprint density at radius 2 is 1.63 bits per heavy atom. The number of benzene rings is 3. The fourth-order valence-electron chi connectivity index (χ4n) is 6.58. The van der Waals surface area contributed by atoms with E-state index in [9.17, 15) is 14.7 Å². The van der Waals surface area contributed by atoms with Gasteiger partial charge in [-0.15, -0.1) is 0 Å². The standard InChI is InChI=1S/C35H41NO5/c37-34(38)17-5-6-21-36(32-15-8-12-27-23-28(35(39)40)18-19-31(27)32)22-20-26-10-2-4-16-33(26)41-24-29-13-7-11-25-9-1-3-14-30(25)29/h2,4,7,10-11,13,16,18-19,23,32H,1,3,5-6,8-9,12,14-15,17,20-22,24H2,(H,37,38)(H,39,40). The first kappa shape index (κ1) is 28.9. The van der Waals surface area contributed by atoms with E-state index >= 15 is 0 Å². The monoisotopic (exact) mass is 555 g/mol. The lowest BCUT2D eigenvalue weighted by molar-refractivity contribution is -0.137. The van der Waals surface area contributed by atoms with Crippen LogP contribution in [0.4, 0.5) is 0 Å². The first-order valence-electron chi connectivity index (χ1n) is 15.1. The lowest BCUT2D eigenvalue weighted by Gasteiger charge is -2.36.